The first kappa shape index (κ1) is 13.8. The smallest absolute Gasteiger partial charge is 0.165 e. The first-order chi connectivity index (χ1) is 9.19. The van der Waals surface area contributed by atoms with Gasteiger partial charge >= 0.3 is 0 Å². The molecular formula is C15H19FN2O. The number of rotatable bonds is 4. The summed E-state index contributed by atoms with van der Waals surface area (Å²) in [6, 6.07) is 8.78. The normalized spacial score (nSPS) is 26.7. The van der Waals surface area contributed by atoms with E-state index in [-0.39, 0.29) is 17.7 Å². The highest BCUT2D eigenvalue weighted by atomic mass is 19.1. The van der Waals surface area contributed by atoms with Crippen LogP contribution in [0.4, 0.5) is 4.39 Å². The molecule has 2 rings (SSSR count). The summed E-state index contributed by atoms with van der Waals surface area (Å²) in [4.78, 5) is 0. The molecule has 19 heavy (non-hydrogen) atoms. The molecule has 2 unspecified atom stereocenters. The Balaban J connectivity index is 2.06. The number of nitrogens with one attached hydrogen (secondary N) is 1. The number of benzene rings is 1. The SMILES string of the molecule is CCNC1(C#N)CCCC(Oc2ccccc2F)C1. The highest BCUT2D eigenvalue weighted by Gasteiger charge is 2.37. The van der Waals surface area contributed by atoms with E-state index in [1.807, 2.05) is 6.92 Å². The second kappa shape index (κ2) is 6.03. The van der Waals surface area contributed by atoms with Crippen LogP contribution < -0.4 is 10.1 Å². The van der Waals surface area contributed by atoms with Crippen LogP contribution in [0.1, 0.15) is 32.6 Å². The number of nitrogens with zero attached hydrogens (tertiary/aromatic N) is 1. The first-order valence-electron chi connectivity index (χ1n) is 6.76. The third-order valence-electron chi connectivity index (χ3n) is 3.57. The van der Waals surface area contributed by atoms with Crippen molar-refractivity contribution in [2.45, 2.75) is 44.2 Å². The van der Waals surface area contributed by atoms with E-state index in [4.69, 9.17) is 4.74 Å². The molecule has 1 aliphatic carbocycles. The number of hydrogen-bond acceptors (Lipinski definition) is 3. The third kappa shape index (κ3) is 3.24. The molecule has 1 fully saturated rings. The topological polar surface area (TPSA) is 45.0 Å². The van der Waals surface area contributed by atoms with E-state index in [1.165, 1.54) is 6.07 Å². The Morgan fingerprint density at radius 1 is 1.53 bits per heavy atom. The molecule has 1 aliphatic rings. The Labute approximate surface area is 113 Å². The molecule has 1 aromatic carbocycles. The number of hydrogen-bond donors (Lipinski definition) is 1. The van der Waals surface area contributed by atoms with E-state index >= 15 is 0 Å². The summed E-state index contributed by atoms with van der Waals surface area (Å²) in [5.74, 6) is -0.0724. The lowest BCUT2D eigenvalue weighted by molar-refractivity contribution is 0.109. The minimum Gasteiger partial charge on any atom is -0.487 e. The zero-order valence-electron chi connectivity index (χ0n) is 11.2. The molecule has 2 atom stereocenters. The van der Waals surface area contributed by atoms with Crippen molar-refractivity contribution in [2.75, 3.05) is 6.54 Å². The van der Waals surface area contributed by atoms with Gasteiger partial charge in [0.05, 0.1) is 6.07 Å². The number of nitriles is 1. The molecule has 0 spiro atoms. The summed E-state index contributed by atoms with van der Waals surface area (Å²) in [5.41, 5.74) is -0.525. The molecule has 1 saturated carbocycles. The van der Waals surface area contributed by atoms with Gasteiger partial charge in [-0.15, -0.1) is 0 Å². The van der Waals surface area contributed by atoms with Crippen LogP contribution in [0.15, 0.2) is 24.3 Å². The average Bonchev–Trinajstić information content (AvgIpc) is 2.42. The molecule has 0 aliphatic heterocycles. The van der Waals surface area contributed by atoms with Crippen molar-refractivity contribution in [3.8, 4) is 11.8 Å². The third-order valence-corrected chi connectivity index (χ3v) is 3.57. The van der Waals surface area contributed by atoms with Crippen molar-refractivity contribution >= 4 is 0 Å². The zero-order chi connectivity index (χ0) is 13.7. The monoisotopic (exact) mass is 262 g/mol. The van der Waals surface area contributed by atoms with Crippen molar-refractivity contribution in [3.63, 3.8) is 0 Å². The van der Waals surface area contributed by atoms with Gasteiger partial charge in [0.1, 0.15) is 11.6 Å². The Morgan fingerprint density at radius 3 is 3.00 bits per heavy atom. The summed E-state index contributed by atoms with van der Waals surface area (Å²) in [5, 5.41) is 12.6. The minimum absolute atomic E-state index is 0.107. The van der Waals surface area contributed by atoms with E-state index in [1.54, 1.807) is 18.2 Å². The highest BCUT2D eigenvalue weighted by Crippen LogP contribution is 2.31. The van der Waals surface area contributed by atoms with Crippen molar-refractivity contribution in [1.29, 1.82) is 5.26 Å². The van der Waals surface area contributed by atoms with Gasteiger partial charge in [0.2, 0.25) is 0 Å². The summed E-state index contributed by atoms with van der Waals surface area (Å²) in [7, 11) is 0. The van der Waals surface area contributed by atoms with Gasteiger partial charge in [-0.05, 0) is 37.9 Å². The summed E-state index contributed by atoms with van der Waals surface area (Å²) >= 11 is 0. The van der Waals surface area contributed by atoms with E-state index in [0.29, 0.717) is 6.42 Å². The van der Waals surface area contributed by atoms with Gasteiger partial charge in [-0.3, -0.25) is 5.32 Å². The Kier molecular flexibility index (Phi) is 4.39. The number of halogens is 1. The summed E-state index contributed by atoms with van der Waals surface area (Å²) in [6.45, 7) is 2.74. The molecule has 0 amide bonds. The average molecular weight is 262 g/mol. The van der Waals surface area contributed by atoms with E-state index in [2.05, 4.69) is 11.4 Å². The molecular weight excluding hydrogens is 243 g/mol. The standard InChI is InChI=1S/C15H19FN2O/c1-2-18-15(11-17)9-5-6-12(10-15)19-14-8-4-3-7-13(14)16/h3-4,7-8,12,18H,2,5-6,9-10H2,1H3. The molecule has 0 radical (unpaired) electrons. The maximum Gasteiger partial charge on any atom is 0.165 e. The largest absolute Gasteiger partial charge is 0.487 e. The maximum absolute atomic E-state index is 13.6. The van der Waals surface area contributed by atoms with Crippen molar-refractivity contribution in [3.05, 3.63) is 30.1 Å². The predicted molar refractivity (Wildman–Crippen MR) is 71.3 cm³/mol. The Morgan fingerprint density at radius 2 is 2.32 bits per heavy atom. The van der Waals surface area contributed by atoms with Gasteiger partial charge in [0, 0.05) is 6.42 Å². The molecule has 0 heterocycles. The van der Waals surface area contributed by atoms with Crippen LogP contribution in [0.25, 0.3) is 0 Å². The van der Waals surface area contributed by atoms with Crippen molar-refractivity contribution in [1.82, 2.24) is 5.32 Å². The van der Waals surface area contributed by atoms with Gasteiger partial charge in [0.25, 0.3) is 0 Å². The van der Waals surface area contributed by atoms with Crippen molar-refractivity contribution < 1.29 is 9.13 Å². The lowest BCUT2D eigenvalue weighted by Gasteiger charge is -2.36. The summed E-state index contributed by atoms with van der Waals surface area (Å²) in [6.07, 6.45) is 3.10. The maximum atomic E-state index is 13.6. The molecule has 102 valence electrons. The van der Waals surface area contributed by atoms with Gasteiger partial charge in [-0.2, -0.15) is 5.26 Å². The van der Waals surface area contributed by atoms with Crippen LogP contribution in [0.5, 0.6) is 5.75 Å². The Hall–Kier alpha value is -1.60. The fraction of sp³-hybridized carbons (Fsp3) is 0.533. The van der Waals surface area contributed by atoms with Gasteiger partial charge in [-0.1, -0.05) is 19.1 Å². The number of para-hydroxylation sites is 1. The summed E-state index contributed by atoms with van der Waals surface area (Å²) < 4.78 is 19.3. The lowest BCUT2D eigenvalue weighted by Crippen LogP contribution is -2.49. The molecule has 1 N–H and O–H groups in total. The second-order valence-corrected chi connectivity index (χ2v) is 4.99. The highest BCUT2D eigenvalue weighted by molar-refractivity contribution is 5.24. The minimum atomic E-state index is -0.525. The van der Waals surface area contributed by atoms with Crippen LogP contribution in [-0.2, 0) is 0 Å². The van der Waals surface area contributed by atoms with Crippen LogP contribution in [0, 0.1) is 17.1 Å². The van der Waals surface area contributed by atoms with Crippen LogP contribution >= 0.6 is 0 Å². The van der Waals surface area contributed by atoms with E-state index in [9.17, 15) is 9.65 Å². The van der Waals surface area contributed by atoms with Crippen LogP contribution in [-0.4, -0.2) is 18.2 Å². The molecule has 0 bridgehead atoms. The molecule has 1 aromatic rings. The lowest BCUT2D eigenvalue weighted by atomic mass is 9.81. The predicted octanol–water partition coefficient (Wildman–Crippen LogP) is 3.02. The molecule has 0 saturated heterocycles. The fourth-order valence-electron chi connectivity index (χ4n) is 2.68. The van der Waals surface area contributed by atoms with Gasteiger partial charge < -0.3 is 4.74 Å². The Bertz CT molecular complexity index is 467. The number of ether oxygens (including phenoxy) is 1. The van der Waals surface area contributed by atoms with Crippen LogP contribution in [0.3, 0.4) is 0 Å². The molecule has 0 aromatic heterocycles. The fourth-order valence-corrected chi connectivity index (χ4v) is 2.68. The molecule has 4 heteroatoms. The van der Waals surface area contributed by atoms with E-state index in [0.717, 1.165) is 25.8 Å². The molecule has 3 nitrogen and oxygen atoms in total. The van der Waals surface area contributed by atoms with Gasteiger partial charge in [-0.25, -0.2) is 4.39 Å². The quantitative estimate of drug-likeness (QED) is 0.907. The second-order valence-electron chi connectivity index (χ2n) is 4.99. The van der Waals surface area contributed by atoms with E-state index < -0.39 is 5.54 Å². The van der Waals surface area contributed by atoms with Gasteiger partial charge in [0.15, 0.2) is 11.6 Å². The zero-order valence-corrected chi connectivity index (χ0v) is 11.2. The van der Waals surface area contributed by atoms with Crippen LogP contribution in [0.2, 0.25) is 0 Å². The first-order valence-corrected chi connectivity index (χ1v) is 6.76. The van der Waals surface area contributed by atoms with Crippen molar-refractivity contribution in [2.24, 2.45) is 0 Å².